The Morgan fingerprint density at radius 1 is 1.28 bits per heavy atom. The van der Waals surface area contributed by atoms with Crippen molar-refractivity contribution in [3.63, 3.8) is 0 Å². The Kier molecular flexibility index (Phi) is 7.56. The Hall–Kier alpha value is -1.75. The third-order valence-electron chi connectivity index (χ3n) is 4.75. The molecule has 5 nitrogen and oxygen atoms in total. The van der Waals surface area contributed by atoms with E-state index in [4.69, 9.17) is 9.47 Å². The predicted octanol–water partition coefficient (Wildman–Crippen LogP) is 3.04. The van der Waals surface area contributed by atoms with Gasteiger partial charge in [-0.15, -0.1) is 0 Å². The van der Waals surface area contributed by atoms with Crippen LogP contribution in [0.5, 0.6) is 11.5 Å². The van der Waals surface area contributed by atoms with E-state index >= 15 is 0 Å². The van der Waals surface area contributed by atoms with E-state index in [2.05, 4.69) is 25.8 Å². The summed E-state index contributed by atoms with van der Waals surface area (Å²) in [6, 6.07) is 8.03. The SMILES string of the molecule is COc1ccccc1OCCCN(C)CC1CCC(=O)N(C(C)C)C1. The highest BCUT2D eigenvalue weighted by molar-refractivity contribution is 5.77. The van der Waals surface area contributed by atoms with Crippen molar-refractivity contribution < 1.29 is 14.3 Å². The van der Waals surface area contributed by atoms with Crippen LogP contribution in [0.1, 0.15) is 33.1 Å². The number of para-hydroxylation sites is 2. The molecule has 0 aromatic heterocycles. The molecule has 1 heterocycles. The third-order valence-corrected chi connectivity index (χ3v) is 4.75. The van der Waals surface area contributed by atoms with Crippen LogP contribution in [-0.2, 0) is 4.79 Å². The zero-order valence-corrected chi connectivity index (χ0v) is 16.0. The van der Waals surface area contributed by atoms with E-state index in [1.807, 2.05) is 29.2 Å². The van der Waals surface area contributed by atoms with Crippen molar-refractivity contribution in [2.45, 2.75) is 39.2 Å². The van der Waals surface area contributed by atoms with Crippen molar-refractivity contribution >= 4 is 5.91 Å². The molecule has 1 aromatic rings. The first kappa shape index (κ1) is 19.6. The molecule has 0 aliphatic carbocycles. The first-order valence-electron chi connectivity index (χ1n) is 9.25. The number of benzene rings is 1. The Balaban J connectivity index is 1.68. The van der Waals surface area contributed by atoms with Gasteiger partial charge < -0.3 is 19.3 Å². The van der Waals surface area contributed by atoms with Crippen LogP contribution in [0.2, 0.25) is 0 Å². The van der Waals surface area contributed by atoms with Gasteiger partial charge in [-0.3, -0.25) is 4.79 Å². The maximum absolute atomic E-state index is 12.0. The minimum atomic E-state index is 0.301. The molecule has 1 aliphatic heterocycles. The summed E-state index contributed by atoms with van der Waals surface area (Å²) >= 11 is 0. The van der Waals surface area contributed by atoms with E-state index in [-0.39, 0.29) is 0 Å². The molecule has 25 heavy (non-hydrogen) atoms. The van der Waals surface area contributed by atoms with Gasteiger partial charge in [-0.1, -0.05) is 12.1 Å². The summed E-state index contributed by atoms with van der Waals surface area (Å²) in [7, 11) is 3.81. The standard InChI is InChI=1S/C20H32N2O3/c1-16(2)22-15-17(10-11-20(22)23)14-21(3)12-7-13-25-19-9-6-5-8-18(19)24-4/h5-6,8-9,16-17H,7,10-15H2,1-4H3. The third kappa shape index (κ3) is 5.92. The fourth-order valence-electron chi connectivity index (χ4n) is 3.38. The Bertz CT molecular complexity index is 547. The predicted molar refractivity (Wildman–Crippen MR) is 100 cm³/mol. The lowest BCUT2D eigenvalue weighted by atomic mass is 9.96. The molecule has 1 fully saturated rings. The quantitative estimate of drug-likeness (QED) is 0.643. The van der Waals surface area contributed by atoms with E-state index in [0.717, 1.165) is 44.0 Å². The second-order valence-corrected chi connectivity index (χ2v) is 7.16. The second-order valence-electron chi connectivity index (χ2n) is 7.16. The van der Waals surface area contributed by atoms with Crippen LogP contribution in [0.25, 0.3) is 0 Å². The summed E-state index contributed by atoms with van der Waals surface area (Å²) in [5.41, 5.74) is 0. The second kappa shape index (κ2) is 9.66. The number of hydrogen-bond donors (Lipinski definition) is 0. The van der Waals surface area contributed by atoms with Crippen molar-refractivity contribution in [1.82, 2.24) is 9.80 Å². The highest BCUT2D eigenvalue weighted by atomic mass is 16.5. The summed E-state index contributed by atoms with van der Waals surface area (Å²) in [5, 5.41) is 0. The number of amides is 1. The molecule has 5 heteroatoms. The summed E-state index contributed by atoms with van der Waals surface area (Å²) < 4.78 is 11.1. The summed E-state index contributed by atoms with van der Waals surface area (Å²) in [6.07, 6.45) is 2.66. The summed E-state index contributed by atoms with van der Waals surface area (Å²) in [5.74, 6) is 2.45. The molecule has 2 rings (SSSR count). The number of carbonyl (C=O) groups is 1. The number of carbonyl (C=O) groups excluding carboxylic acids is 1. The number of rotatable bonds is 9. The molecule has 1 aliphatic rings. The molecular weight excluding hydrogens is 316 g/mol. The van der Waals surface area contributed by atoms with Gasteiger partial charge in [0.05, 0.1) is 13.7 Å². The first-order chi connectivity index (χ1) is 12.0. The van der Waals surface area contributed by atoms with Gasteiger partial charge in [0.15, 0.2) is 11.5 Å². The van der Waals surface area contributed by atoms with Gasteiger partial charge in [0, 0.05) is 32.1 Å². The van der Waals surface area contributed by atoms with Gasteiger partial charge in [0.2, 0.25) is 5.91 Å². The molecule has 0 bridgehead atoms. The molecule has 0 spiro atoms. The van der Waals surface area contributed by atoms with Crippen molar-refractivity contribution in [2.24, 2.45) is 5.92 Å². The summed E-state index contributed by atoms with van der Waals surface area (Å²) in [4.78, 5) is 16.3. The van der Waals surface area contributed by atoms with Crippen LogP contribution in [0.15, 0.2) is 24.3 Å². The Morgan fingerprint density at radius 2 is 2.00 bits per heavy atom. The van der Waals surface area contributed by atoms with Crippen LogP contribution in [0.3, 0.4) is 0 Å². The average molecular weight is 348 g/mol. The van der Waals surface area contributed by atoms with E-state index in [1.165, 1.54) is 0 Å². The molecule has 1 unspecified atom stereocenters. The topological polar surface area (TPSA) is 42.0 Å². The fraction of sp³-hybridized carbons (Fsp3) is 0.650. The molecule has 1 amide bonds. The number of methoxy groups -OCH3 is 1. The highest BCUT2D eigenvalue weighted by Crippen LogP contribution is 2.25. The van der Waals surface area contributed by atoms with Crippen molar-refractivity contribution in [3.8, 4) is 11.5 Å². The normalized spacial score (nSPS) is 18.1. The average Bonchev–Trinajstić information content (AvgIpc) is 2.60. The zero-order valence-electron chi connectivity index (χ0n) is 16.0. The van der Waals surface area contributed by atoms with Crippen LogP contribution in [-0.4, -0.2) is 62.1 Å². The lowest BCUT2D eigenvalue weighted by molar-refractivity contribution is -0.136. The van der Waals surface area contributed by atoms with Gasteiger partial charge in [-0.2, -0.15) is 0 Å². The maximum Gasteiger partial charge on any atom is 0.222 e. The van der Waals surface area contributed by atoms with Crippen molar-refractivity contribution in [2.75, 3.05) is 40.4 Å². The first-order valence-corrected chi connectivity index (χ1v) is 9.25. The van der Waals surface area contributed by atoms with Crippen molar-refractivity contribution in [3.05, 3.63) is 24.3 Å². The van der Waals surface area contributed by atoms with Crippen molar-refractivity contribution in [1.29, 1.82) is 0 Å². The number of nitrogens with zero attached hydrogens (tertiary/aromatic N) is 2. The Labute approximate surface area is 151 Å². The Morgan fingerprint density at radius 3 is 2.68 bits per heavy atom. The molecule has 1 saturated heterocycles. The maximum atomic E-state index is 12.0. The highest BCUT2D eigenvalue weighted by Gasteiger charge is 2.27. The van der Waals surface area contributed by atoms with Crippen LogP contribution < -0.4 is 9.47 Å². The van der Waals surface area contributed by atoms with E-state index < -0.39 is 0 Å². The van der Waals surface area contributed by atoms with Gasteiger partial charge in [0.25, 0.3) is 0 Å². The molecule has 0 radical (unpaired) electrons. The zero-order chi connectivity index (χ0) is 18.2. The molecule has 0 saturated carbocycles. The number of piperidine rings is 1. The van der Waals surface area contributed by atoms with Gasteiger partial charge in [0.1, 0.15) is 0 Å². The number of likely N-dealkylation sites (tertiary alicyclic amines) is 1. The lowest BCUT2D eigenvalue weighted by Gasteiger charge is -2.37. The monoisotopic (exact) mass is 348 g/mol. The van der Waals surface area contributed by atoms with Crippen LogP contribution in [0, 0.1) is 5.92 Å². The minimum Gasteiger partial charge on any atom is -0.493 e. The molecule has 140 valence electrons. The van der Waals surface area contributed by atoms with Crippen LogP contribution in [0.4, 0.5) is 0 Å². The largest absolute Gasteiger partial charge is 0.493 e. The fourth-order valence-corrected chi connectivity index (χ4v) is 3.38. The molecule has 1 atom stereocenters. The molecular formula is C20H32N2O3. The van der Waals surface area contributed by atoms with Gasteiger partial charge in [-0.25, -0.2) is 0 Å². The lowest BCUT2D eigenvalue weighted by Crippen LogP contribution is -2.46. The summed E-state index contributed by atoms with van der Waals surface area (Å²) in [6.45, 7) is 7.77. The molecule has 1 aromatic carbocycles. The van der Waals surface area contributed by atoms with Gasteiger partial charge in [-0.05, 0) is 51.8 Å². The van der Waals surface area contributed by atoms with Crippen LogP contribution >= 0.6 is 0 Å². The number of hydrogen-bond acceptors (Lipinski definition) is 4. The van der Waals surface area contributed by atoms with E-state index in [9.17, 15) is 4.79 Å². The van der Waals surface area contributed by atoms with E-state index in [1.54, 1.807) is 7.11 Å². The molecule has 0 N–H and O–H groups in total. The smallest absolute Gasteiger partial charge is 0.222 e. The van der Waals surface area contributed by atoms with Gasteiger partial charge >= 0.3 is 0 Å². The number of ether oxygens (including phenoxy) is 2. The minimum absolute atomic E-state index is 0.301. The van der Waals surface area contributed by atoms with E-state index in [0.29, 0.717) is 30.9 Å².